The molecule has 2 aliphatic rings. The van der Waals surface area contributed by atoms with Crippen molar-refractivity contribution < 1.29 is 4.79 Å². The number of rotatable bonds is 3. The lowest BCUT2D eigenvalue weighted by molar-refractivity contribution is -0.112. The first-order valence-corrected chi connectivity index (χ1v) is 13.6. The van der Waals surface area contributed by atoms with Crippen LogP contribution in [0.2, 0.25) is 5.02 Å². The Morgan fingerprint density at radius 3 is 2.38 bits per heavy atom. The fourth-order valence-corrected chi connectivity index (χ4v) is 7.14. The van der Waals surface area contributed by atoms with Gasteiger partial charge in [-0.15, -0.1) is 11.3 Å². The SMILES string of the molecule is CC1=NN(c2ccccc2)C(=O)/C1=c1/s/c(=C2\Sc3ccc(Cl)cc3N2C)c(=O)n1Cc1ccccc1. The Morgan fingerprint density at radius 2 is 1.65 bits per heavy atom. The number of halogens is 1. The predicted molar refractivity (Wildman–Crippen MR) is 153 cm³/mol. The molecule has 0 saturated heterocycles. The van der Waals surface area contributed by atoms with Crippen LogP contribution in [0.15, 0.2) is 93.7 Å². The van der Waals surface area contributed by atoms with Gasteiger partial charge in [-0.05, 0) is 42.8 Å². The summed E-state index contributed by atoms with van der Waals surface area (Å²) in [6.45, 7) is 2.16. The number of hydrogen-bond donors (Lipinski definition) is 0. The van der Waals surface area contributed by atoms with E-state index in [1.807, 2.05) is 97.7 Å². The van der Waals surface area contributed by atoms with Gasteiger partial charge in [0.1, 0.15) is 14.2 Å². The molecule has 0 saturated carbocycles. The van der Waals surface area contributed by atoms with E-state index in [4.69, 9.17) is 11.6 Å². The van der Waals surface area contributed by atoms with Crippen molar-refractivity contribution in [3.8, 4) is 0 Å². The first kappa shape index (κ1) is 23.8. The third-order valence-electron chi connectivity index (χ3n) is 6.29. The van der Waals surface area contributed by atoms with Crippen molar-refractivity contribution in [1.82, 2.24) is 4.57 Å². The maximum Gasteiger partial charge on any atom is 0.283 e. The maximum absolute atomic E-state index is 14.0. The molecule has 1 aromatic heterocycles. The van der Waals surface area contributed by atoms with Gasteiger partial charge in [-0.2, -0.15) is 10.1 Å². The standard InChI is InChI=1S/C28H21ClN4O2S2/c1-17-23(25(34)33(30-17)20-11-7-4-8-12-20)27-32(16-18-9-5-3-6-10-18)26(35)24(37-27)28-31(2)21-15-19(29)13-14-22(21)36-28/h3-15H,16H2,1-2H3/b27-23+,28-24-. The van der Waals surface area contributed by atoms with Crippen molar-refractivity contribution in [1.29, 1.82) is 0 Å². The Balaban J connectivity index is 1.59. The van der Waals surface area contributed by atoms with Gasteiger partial charge in [0, 0.05) is 17.0 Å². The van der Waals surface area contributed by atoms with Gasteiger partial charge in [-0.3, -0.25) is 14.2 Å². The summed E-state index contributed by atoms with van der Waals surface area (Å²) in [5.74, 6) is -0.245. The Hall–Kier alpha value is -3.59. The summed E-state index contributed by atoms with van der Waals surface area (Å²) in [6, 6.07) is 24.8. The van der Waals surface area contributed by atoms with Gasteiger partial charge in [-0.1, -0.05) is 71.9 Å². The van der Waals surface area contributed by atoms with Crippen LogP contribution in [0, 0.1) is 0 Å². The van der Waals surface area contributed by atoms with Crippen LogP contribution in [-0.4, -0.2) is 23.2 Å². The number of aromatic nitrogens is 1. The molecular formula is C28H21ClN4O2S2. The van der Waals surface area contributed by atoms with Crippen LogP contribution >= 0.6 is 34.7 Å². The molecule has 6 nitrogen and oxygen atoms in total. The van der Waals surface area contributed by atoms with E-state index in [0.29, 0.717) is 37.7 Å². The molecule has 0 spiro atoms. The minimum atomic E-state index is -0.245. The van der Waals surface area contributed by atoms with Crippen LogP contribution in [0.4, 0.5) is 11.4 Å². The fraction of sp³-hybridized carbons (Fsp3) is 0.107. The molecule has 3 aromatic carbocycles. The quantitative estimate of drug-likeness (QED) is 0.381. The first-order valence-electron chi connectivity index (χ1n) is 11.6. The van der Waals surface area contributed by atoms with Gasteiger partial charge in [0.05, 0.1) is 29.2 Å². The van der Waals surface area contributed by atoms with Crippen molar-refractivity contribution in [2.75, 3.05) is 17.0 Å². The van der Waals surface area contributed by atoms with Crippen LogP contribution in [0.25, 0.3) is 10.6 Å². The van der Waals surface area contributed by atoms with Crippen LogP contribution in [0.3, 0.4) is 0 Å². The normalized spacial score (nSPS) is 17.9. The topological polar surface area (TPSA) is 57.9 Å². The minimum Gasteiger partial charge on any atom is -0.337 e. The zero-order chi connectivity index (χ0) is 25.7. The van der Waals surface area contributed by atoms with Gasteiger partial charge in [-0.25, -0.2) is 0 Å². The van der Waals surface area contributed by atoms with Crippen molar-refractivity contribution in [2.45, 2.75) is 18.4 Å². The Bertz CT molecular complexity index is 1760. The molecule has 4 aromatic rings. The van der Waals surface area contributed by atoms with E-state index in [2.05, 4.69) is 5.10 Å². The predicted octanol–water partition coefficient (Wildman–Crippen LogP) is 4.49. The molecule has 37 heavy (non-hydrogen) atoms. The number of amides is 1. The second-order valence-electron chi connectivity index (χ2n) is 8.70. The highest BCUT2D eigenvalue weighted by atomic mass is 35.5. The highest BCUT2D eigenvalue weighted by Crippen LogP contribution is 2.46. The number of thioether (sulfide) groups is 1. The highest BCUT2D eigenvalue weighted by molar-refractivity contribution is 8.08. The van der Waals surface area contributed by atoms with Crippen LogP contribution in [-0.2, 0) is 11.3 Å². The van der Waals surface area contributed by atoms with Gasteiger partial charge >= 0.3 is 0 Å². The second-order valence-corrected chi connectivity index (χ2v) is 11.2. The third-order valence-corrected chi connectivity index (χ3v) is 9.08. The Labute approximate surface area is 226 Å². The van der Waals surface area contributed by atoms with Crippen LogP contribution in [0.5, 0.6) is 0 Å². The molecule has 0 unspecified atom stereocenters. The van der Waals surface area contributed by atoms with Crippen LogP contribution in [0.1, 0.15) is 12.5 Å². The summed E-state index contributed by atoms with van der Waals surface area (Å²) in [5, 5.41) is 7.42. The number of nitrogens with zero attached hydrogens (tertiary/aromatic N) is 4. The lowest BCUT2D eigenvalue weighted by Gasteiger charge is -2.12. The zero-order valence-electron chi connectivity index (χ0n) is 20.0. The van der Waals surface area contributed by atoms with Crippen molar-refractivity contribution >= 4 is 68.3 Å². The second kappa shape index (κ2) is 9.37. The number of carbonyl (C=O) groups is 1. The number of thiazole rings is 1. The summed E-state index contributed by atoms with van der Waals surface area (Å²) >= 11 is 9.12. The van der Waals surface area contributed by atoms with Gasteiger partial charge in [0.15, 0.2) is 0 Å². The number of hydrazone groups is 1. The van der Waals surface area contributed by atoms with E-state index in [1.165, 1.54) is 28.1 Å². The molecule has 6 rings (SSSR count). The smallest absolute Gasteiger partial charge is 0.283 e. The molecule has 2 aliphatic heterocycles. The van der Waals surface area contributed by atoms with Gasteiger partial charge < -0.3 is 4.90 Å². The van der Waals surface area contributed by atoms with E-state index in [9.17, 15) is 9.59 Å². The molecule has 0 bridgehead atoms. The van der Waals surface area contributed by atoms with Crippen molar-refractivity contribution in [3.63, 3.8) is 0 Å². The lowest BCUT2D eigenvalue weighted by atomic mass is 10.2. The first-order chi connectivity index (χ1) is 17.9. The average molecular weight is 545 g/mol. The number of anilines is 2. The number of hydrogen-bond acceptors (Lipinski definition) is 6. The minimum absolute atomic E-state index is 0.136. The third kappa shape index (κ3) is 4.11. The van der Waals surface area contributed by atoms with E-state index in [1.54, 1.807) is 4.57 Å². The Morgan fingerprint density at radius 1 is 0.946 bits per heavy atom. The molecule has 9 heteroatoms. The zero-order valence-corrected chi connectivity index (χ0v) is 22.4. The molecule has 1 amide bonds. The summed E-state index contributed by atoms with van der Waals surface area (Å²) < 4.78 is 2.88. The fourth-order valence-electron chi connectivity index (χ4n) is 4.46. The Kier molecular flexibility index (Phi) is 6.03. The average Bonchev–Trinajstić information content (AvgIpc) is 3.51. The van der Waals surface area contributed by atoms with E-state index in [-0.39, 0.29) is 11.5 Å². The summed E-state index contributed by atoms with van der Waals surface area (Å²) in [5.41, 5.74) is 3.50. The summed E-state index contributed by atoms with van der Waals surface area (Å²) in [4.78, 5) is 30.7. The molecule has 0 radical (unpaired) electrons. The van der Waals surface area contributed by atoms with E-state index in [0.717, 1.165) is 21.2 Å². The molecule has 0 N–H and O–H groups in total. The molecule has 3 heterocycles. The monoisotopic (exact) mass is 544 g/mol. The maximum atomic E-state index is 14.0. The molecule has 0 atom stereocenters. The number of benzene rings is 3. The number of para-hydroxylation sites is 1. The van der Waals surface area contributed by atoms with Crippen molar-refractivity contribution in [3.05, 3.63) is 109 Å². The number of carbonyl (C=O) groups excluding carboxylic acids is 1. The molecule has 0 aliphatic carbocycles. The largest absolute Gasteiger partial charge is 0.337 e. The molecule has 0 fully saturated rings. The van der Waals surface area contributed by atoms with Gasteiger partial charge in [0.2, 0.25) is 0 Å². The van der Waals surface area contributed by atoms with E-state index < -0.39 is 0 Å². The highest BCUT2D eigenvalue weighted by Gasteiger charge is 2.32. The van der Waals surface area contributed by atoms with E-state index >= 15 is 0 Å². The lowest BCUT2D eigenvalue weighted by Crippen LogP contribution is -2.36. The van der Waals surface area contributed by atoms with Crippen molar-refractivity contribution in [2.24, 2.45) is 5.10 Å². The van der Waals surface area contributed by atoms with Gasteiger partial charge in [0.25, 0.3) is 11.5 Å². The molecular weight excluding hydrogens is 524 g/mol. The molecule has 184 valence electrons. The summed E-state index contributed by atoms with van der Waals surface area (Å²) in [6.07, 6.45) is 0. The summed E-state index contributed by atoms with van der Waals surface area (Å²) in [7, 11) is 1.93. The van der Waals surface area contributed by atoms with Crippen LogP contribution < -0.4 is 24.7 Å². The number of fused-ring (bicyclic) bond motifs is 1.